The van der Waals surface area contributed by atoms with Crippen LogP contribution in [0.5, 0.6) is 0 Å². The average molecular weight is 232 g/mol. The Bertz CT molecular complexity index is 474. The Balaban J connectivity index is 2.57. The van der Waals surface area contributed by atoms with Crippen LogP contribution >= 0.6 is 0 Å². The molecule has 17 heavy (non-hydrogen) atoms. The molecule has 0 aliphatic heterocycles. The standard InChI is InChI=1S/C15H20O2/c1-10-5-6-12-9-14(3,4)15(17,8-11(2)16)13(12)7-10/h5-7,17H,8-9H2,1-4H3. The van der Waals surface area contributed by atoms with E-state index in [-0.39, 0.29) is 17.6 Å². The van der Waals surface area contributed by atoms with Crippen molar-refractivity contribution in [1.29, 1.82) is 0 Å². The molecule has 0 amide bonds. The molecule has 92 valence electrons. The van der Waals surface area contributed by atoms with E-state index in [9.17, 15) is 9.90 Å². The van der Waals surface area contributed by atoms with Gasteiger partial charge in [0.15, 0.2) is 0 Å². The lowest BCUT2D eigenvalue weighted by Gasteiger charge is -2.37. The molecule has 1 aliphatic carbocycles. The van der Waals surface area contributed by atoms with Crippen LogP contribution in [-0.2, 0) is 16.8 Å². The number of carbonyl (C=O) groups excluding carboxylic acids is 1. The van der Waals surface area contributed by atoms with E-state index >= 15 is 0 Å². The van der Waals surface area contributed by atoms with E-state index in [0.717, 1.165) is 17.5 Å². The van der Waals surface area contributed by atoms with Crippen molar-refractivity contribution in [2.24, 2.45) is 5.41 Å². The van der Waals surface area contributed by atoms with Crippen molar-refractivity contribution in [3.63, 3.8) is 0 Å². The van der Waals surface area contributed by atoms with Crippen molar-refractivity contribution < 1.29 is 9.90 Å². The molecule has 1 aromatic rings. The summed E-state index contributed by atoms with van der Waals surface area (Å²) in [6.45, 7) is 7.62. The molecule has 2 heteroatoms. The minimum atomic E-state index is -1.01. The fourth-order valence-electron chi connectivity index (χ4n) is 2.91. The lowest BCUT2D eigenvalue weighted by molar-refractivity contribution is -0.129. The minimum absolute atomic E-state index is 0.0370. The molecule has 2 rings (SSSR count). The molecule has 0 aromatic heterocycles. The highest BCUT2D eigenvalue weighted by atomic mass is 16.3. The first-order chi connectivity index (χ1) is 7.76. The van der Waals surface area contributed by atoms with E-state index in [1.54, 1.807) is 6.92 Å². The topological polar surface area (TPSA) is 37.3 Å². The van der Waals surface area contributed by atoms with Gasteiger partial charge in [0.2, 0.25) is 0 Å². The third kappa shape index (κ3) is 1.81. The summed E-state index contributed by atoms with van der Waals surface area (Å²) >= 11 is 0. The van der Waals surface area contributed by atoms with Gasteiger partial charge in [0.1, 0.15) is 11.4 Å². The first-order valence-electron chi connectivity index (χ1n) is 6.08. The molecule has 0 saturated carbocycles. The monoisotopic (exact) mass is 232 g/mol. The zero-order chi connectivity index (χ0) is 12.8. The van der Waals surface area contributed by atoms with Gasteiger partial charge >= 0.3 is 0 Å². The summed E-state index contributed by atoms with van der Waals surface area (Å²) in [5, 5.41) is 10.9. The number of fused-ring (bicyclic) bond motifs is 1. The molecule has 0 bridgehead atoms. The number of Topliss-reactive ketones (excluding diaryl/α,β-unsaturated/α-hetero) is 1. The molecular weight excluding hydrogens is 212 g/mol. The number of hydrogen-bond donors (Lipinski definition) is 1. The second kappa shape index (κ2) is 3.67. The van der Waals surface area contributed by atoms with Crippen molar-refractivity contribution in [2.75, 3.05) is 0 Å². The molecule has 1 N–H and O–H groups in total. The van der Waals surface area contributed by atoms with Gasteiger partial charge < -0.3 is 5.11 Å². The summed E-state index contributed by atoms with van der Waals surface area (Å²) in [4.78, 5) is 11.4. The normalized spacial score (nSPS) is 25.7. The Kier molecular flexibility index (Phi) is 2.66. The van der Waals surface area contributed by atoms with Gasteiger partial charge in [0, 0.05) is 11.8 Å². The number of aryl methyl sites for hydroxylation is 1. The molecule has 0 saturated heterocycles. The first-order valence-corrected chi connectivity index (χ1v) is 6.08. The van der Waals surface area contributed by atoms with Crippen molar-refractivity contribution in [1.82, 2.24) is 0 Å². The highest BCUT2D eigenvalue weighted by molar-refractivity contribution is 5.77. The van der Waals surface area contributed by atoms with Crippen LogP contribution in [0.2, 0.25) is 0 Å². The highest BCUT2D eigenvalue weighted by Crippen LogP contribution is 2.52. The molecule has 0 spiro atoms. The van der Waals surface area contributed by atoms with Gasteiger partial charge in [-0.25, -0.2) is 0 Å². The molecule has 1 atom stereocenters. The molecule has 1 unspecified atom stereocenters. The van der Waals surface area contributed by atoms with Gasteiger partial charge in [-0.2, -0.15) is 0 Å². The fraction of sp³-hybridized carbons (Fsp3) is 0.533. The second-order valence-electron chi connectivity index (χ2n) is 5.96. The lowest BCUT2D eigenvalue weighted by atomic mass is 9.73. The summed E-state index contributed by atoms with van der Waals surface area (Å²) in [7, 11) is 0. The van der Waals surface area contributed by atoms with E-state index in [1.807, 2.05) is 26.8 Å². The van der Waals surface area contributed by atoms with Crippen LogP contribution in [0.3, 0.4) is 0 Å². The van der Waals surface area contributed by atoms with Gasteiger partial charge in [0.25, 0.3) is 0 Å². The van der Waals surface area contributed by atoms with Crippen LogP contribution < -0.4 is 0 Å². The van der Waals surface area contributed by atoms with Crippen LogP contribution in [0.25, 0.3) is 0 Å². The Hall–Kier alpha value is -1.15. The summed E-state index contributed by atoms with van der Waals surface area (Å²) in [6, 6.07) is 6.16. The molecule has 0 fully saturated rings. The Morgan fingerprint density at radius 2 is 2.06 bits per heavy atom. The maximum absolute atomic E-state index is 11.4. The summed E-state index contributed by atoms with van der Waals surface area (Å²) < 4.78 is 0. The quantitative estimate of drug-likeness (QED) is 0.851. The molecule has 0 heterocycles. The van der Waals surface area contributed by atoms with Crippen molar-refractivity contribution >= 4 is 5.78 Å². The number of benzene rings is 1. The third-order valence-corrected chi connectivity index (χ3v) is 3.97. The largest absolute Gasteiger partial charge is 0.384 e. The van der Waals surface area contributed by atoms with Gasteiger partial charge in [0.05, 0.1) is 0 Å². The third-order valence-electron chi connectivity index (χ3n) is 3.97. The lowest BCUT2D eigenvalue weighted by Crippen LogP contribution is -2.40. The SMILES string of the molecule is CC(=O)CC1(O)c2cc(C)ccc2CC1(C)C. The van der Waals surface area contributed by atoms with E-state index in [0.29, 0.717) is 0 Å². The Morgan fingerprint density at radius 3 is 2.65 bits per heavy atom. The minimum Gasteiger partial charge on any atom is -0.384 e. The van der Waals surface area contributed by atoms with Crippen LogP contribution in [0.15, 0.2) is 18.2 Å². The predicted molar refractivity (Wildman–Crippen MR) is 67.9 cm³/mol. The van der Waals surface area contributed by atoms with E-state index < -0.39 is 5.60 Å². The van der Waals surface area contributed by atoms with Crippen molar-refractivity contribution in [2.45, 2.75) is 46.1 Å². The molecular formula is C15H20O2. The maximum Gasteiger partial charge on any atom is 0.133 e. The Labute approximate surface area is 103 Å². The van der Waals surface area contributed by atoms with Crippen LogP contribution in [0.1, 0.15) is 43.9 Å². The predicted octanol–water partition coefficient (Wildman–Crippen LogP) is 2.74. The Morgan fingerprint density at radius 1 is 1.41 bits per heavy atom. The van der Waals surface area contributed by atoms with Crippen LogP contribution in [0.4, 0.5) is 0 Å². The van der Waals surface area contributed by atoms with E-state index in [4.69, 9.17) is 0 Å². The average Bonchev–Trinajstić information content (AvgIpc) is 2.35. The smallest absolute Gasteiger partial charge is 0.133 e. The van der Waals surface area contributed by atoms with E-state index in [1.165, 1.54) is 5.56 Å². The van der Waals surface area contributed by atoms with Gasteiger partial charge in [-0.05, 0) is 31.4 Å². The zero-order valence-electron chi connectivity index (χ0n) is 11.0. The summed E-state index contributed by atoms with van der Waals surface area (Å²) in [5.74, 6) is 0.0370. The molecule has 1 aromatic carbocycles. The number of rotatable bonds is 2. The van der Waals surface area contributed by atoms with Gasteiger partial charge in [-0.1, -0.05) is 37.6 Å². The molecule has 2 nitrogen and oxygen atoms in total. The van der Waals surface area contributed by atoms with Crippen molar-refractivity contribution in [3.05, 3.63) is 34.9 Å². The summed E-state index contributed by atoms with van der Waals surface area (Å²) in [5.41, 5.74) is 1.94. The fourth-order valence-corrected chi connectivity index (χ4v) is 2.91. The maximum atomic E-state index is 11.4. The summed E-state index contributed by atoms with van der Waals surface area (Å²) in [6.07, 6.45) is 1.03. The number of hydrogen-bond acceptors (Lipinski definition) is 2. The van der Waals surface area contributed by atoms with Gasteiger partial charge in [-0.3, -0.25) is 4.79 Å². The van der Waals surface area contributed by atoms with Crippen LogP contribution in [0, 0.1) is 12.3 Å². The number of aliphatic hydroxyl groups is 1. The first kappa shape index (κ1) is 12.3. The molecule has 0 radical (unpaired) electrons. The van der Waals surface area contributed by atoms with Crippen LogP contribution in [-0.4, -0.2) is 10.9 Å². The highest BCUT2D eigenvalue weighted by Gasteiger charge is 2.51. The zero-order valence-corrected chi connectivity index (χ0v) is 11.0. The van der Waals surface area contributed by atoms with Gasteiger partial charge in [-0.15, -0.1) is 0 Å². The second-order valence-corrected chi connectivity index (χ2v) is 5.96. The molecule has 1 aliphatic rings. The number of carbonyl (C=O) groups is 1. The van der Waals surface area contributed by atoms with Crippen molar-refractivity contribution in [3.8, 4) is 0 Å². The number of ketones is 1. The van der Waals surface area contributed by atoms with E-state index in [2.05, 4.69) is 12.1 Å².